The molecular weight excluding hydrogens is 277 g/mol. The van der Waals surface area contributed by atoms with Gasteiger partial charge in [0.1, 0.15) is 10.8 Å². The van der Waals surface area contributed by atoms with Gasteiger partial charge in [-0.2, -0.15) is 0 Å². The summed E-state index contributed by atoms with van der Waals surface area (Å²) in [5.74, 6) is 0.576. The van der Waals surface area contributed by atoms with Gasteiger partial charge in [0.05, 0.1) is 23.3 Å². The zero-order valence-electron chi connectivity index (χ0n) is 6.90. The summed E-state index contributed by atoms with van der Waals surface area (Å²) >= 11 is 15.1. The molecule has 0 fully saturated rings. The summed E-state index contributed by atoms with van der Waals surface area (Å²) in [5, 5.41) is 3.91. The number of methoxy groups -OCH3 is 1. The van der Waals surface area contributed by atoms with Crippen LogP contribution in [0.4, 0.5) is 5.69 Å². The number of benzene rings is 1. The van der Waals surface area contributed by atoms with Crippen molar-refractivity contribution < 1.29 is 4.74 Å². The third-order valence-electron chi connectivity index (χ3n) is 1.52. The number of halogens is 3. The standard InChI is InChI=1S/C8H8BrCl2NO/c1-13-6-3-2-5(12-4-9)7(10)8(6)11/h2-3,12H,4H2,1H3. The van der Waals surface area contributed by atoms with Crippen LogP contribution in [0.3, 0.4) is 0 Å². The third kappa shape index (κ3) is 2.42. The Balaban J connectivity index is 3.07. The van der Waals surface area contributed by atoms with Crippen LogP contribution in [0.2, 0.25) is 10.0 Å². The molecule has 0 heterocycles. The fourth-order valence-electron chi connectivity index (χ4n) is 0.898. The van der Waals surface area contributed by atoms with Crippen molar-refractivity contribution in [3.8, 4) is 5.75 Å². The summed E-state index contributed by atoms with van der Waals surface area (Å²) in [7, 11) is 1.55. The zero-order chi connectivity index (χ0) is 9.84. The van der Waals surface area contributed by atoms with Gasteiger partial charge in [0.15, 0.2) is 0 Å². The maximum Gasteiger partial charge on any atom is 0.139 e. The van der Waals surface area contributed by atoms with Gasteiger partial charge in [0.2, 0.25) is 0 Å². The SMILES string of the molecule is COc1ccc(NCBr)c(Cl)c1Cl. The Morgan fingerprint density at radius 2 is 2.08 bits per heavy atom. The van der Waals surface area contributed by atoms with E-state index in [1.165, 1.54) is 0 Å². The largest absolute Gasteiger partial charge is 0.495 e. The van der Waals surface area contributed by atoms with Crippen molar-refractivity contribution in [3.63, 3.8) is 0 Å². The smallest absolute Gasteiger partial charge is 0.139 e. The van der Waals surface area contributed by atoms with Gasteiger partial charge in [-0.1, -0.05) is 39.1 Å². The van der Waals surface area contributed by atoms with E-state index in [1.54, 1.807) is 13.2 Å². The first kappa shape index (κ1) is 11.0. The Kier molecular flexibility index (Phi) is 4.16. The lowest BCUT2D eigenvalue weighted by Gasteiger charge is -2.09. The Labute approximate surface area is 95.3 Å². The van der Waals surface area contributed by atoms with Gasteiger partial charge in [-0.05, 0) is 12.1 Å². The molecule has 0 aliphatic heterocycles. The minimum absolute atomic E-state index is 0.426. The van der Waals surface area contributed by atoms with E-state index in [4.69, 9.17) is 27.9 Å². The molecule has 0 saturated carbocycles. The van der Waals surface area contributed by atoms with Crippen LogP contribution < -0.4 is 10.1 Å². The highest BCUT2D eigenvalue weighted by molar-refractivity contribution is 9.09. The molecule has 0 unspecified atom stereocenters. The van der Waals surface area contributed by atoms with Crippen molar-refractivity contribution in [2.45, 2.75) is 0 Å². The summed E-state index contributed by atoms with van der Waals surface area (Å²) in [5.41, 5.74) is 1.40. The van der Waals surface area contributed by atoms with E-state index in [2.05, 4.69) is 21.2 Å². The summed E-state index contributed by atoms with van der Waals surface area (Å²) in [6, 6.07) is 3.58. The second kappa shape index (κ2) is 4.94. The van der Waals surface area contributed by atoms with Crippen molar-refractivity contribution in [3.05, 3.63) is 22.2 Å². The number of hydrogen-bond acceptors (Lipinski definition) is 2. The van der Waals surface area contributed by atoms with Gasteiger partial charge in [-0.25, -0.2) is 0 Å². The van der Waals surface area contributed by atoms with E-state index in [1.807, 2.05) is 6.07 Å². The number of alkyl halides is 1. The van der Waals surface area contributed by atoms with E-state index >= 15 is 0 Å². The van der Waals surface area contributed by atoms with Crippen LogP contribution in [0.5, 0.6) is 5.75 Å². The van der Waals surface area contributed by atoms with Crippen LogP contribution in [0.1, 0.15) is 0 Å². The maximum atomic E-state index is 5.96. The van der Waals surface area contributed by atoms with E-state index in [0.717, 1.165) is 5.69 Å². The van der Waals surface area contributed by atoms with Crippen molar-refractivity contribution in [1.82, 2.24) is 0 Å². The first-order chi connectivity index (χ1) is 6.20. The number of nitrogens with one attached hydrogen (secondary N) is 1. The molecule has 5 heteroatoms. The van der Waals surface area contributed by atoms with E-state index in [9.17, 15) is 0 Å². The second-order valence-electron chi connectivity index (χ2n) is 2.25. The summed E-state index contributed by atoms with van der Waals surface area (Å²) < 4.78 is 5.00. The Morgan fingerprint density at radius 1 is 1.38 bits per heavy atom. The highest BCUT2D eigenvalue weighted by Crippen LogP contribution is 2.37. The number of ether oxygens (including phenoxy) is 1. The topological polar surface area (TPSA) is 21.3 Å². The van der Waals surface area contributed by atoms with Gasteiger partial charge in [0.25, 0.3) is 0 Å². The average molecular weight is 285 g/mol. The Bertz CT molecular complexity index is 306. The fourth-order valence-corrected chi connectivity index (χ4v) is 1.66. The second-order valence-corrected chi connectivity index (χ2v) is 3.57. The molecule has 0 radical (unpaired) electrons. The summed E-state index contributed by atoms with van der Waals surface area (Å²) in [4.78, 5) is 0. The van der Waals surface area contributed by atoms with Crippen LogP contribution >= 0.6 is 39.1 Å². The van der Waals surface area contributed by atoms with Crippen molar-refractivity contribution >= 4 is 44.8 Å². The van der Waals surface area contributed by atoms with Crippen molar-refractivity contribution in [2.75, 3.05) is 17.9 Å². The predicted molar refractivity (Wildman–Crippen MR) is 60.4 cm³/mol. The Morgan fingerprint density at radius 3 is 2.62 bits per heavy atom. The van der Waals surface area contributed by atoms with Gasteiger partial charge >= 0.3 is 0 Å². The molecule has 1 aromatic carbocycles. The van der Waals surface area contributed by atoms with Crippen LogP contribution in [0.15, 0.2) is 12.1 Å². The molecular formula is C8H8BrCl2NO. The van der Waals surface area contributed by atoms with Crippen LogP contribution in [-0.4, -0.2) is 12.6 Å². The van der Waals surface area contributed by atoms with Gasteiger partial charge < -0.3 is 10.1 Å². The Hall–Kier alpha value is -0.120. The molecule has 1 aromatic rings. The van der Waals surface area contributed by atoms with Crippen LogP contribution in [0.25, 0.3) is 0 Å². The highest BCUT2D eigenvalue weighted by atomic mass is 79.9. The molecule has 0 amide bonds. The van der Waals surface area contributed by atoms with E-state index in [-0.39, 0.29) is 0 Å². The minimum atomic E-state index is 0.426. The van der Waals surface area contributed by atoms with E-state index < -0.39 is 0 Å². The van der Waals surface area contributed by atoms with Crippen molar-refractivity contribution in [1.29, 1.82) is 0 Å². The molecule has 0 aliphatic rings. The quantitative estimate of drug-likeness (QED) is 0.674. The molecule has 1 rings (SSSR count). The van der Waals surface area contributed by atoms with Crippen LogP contribution in [-0.2, 0) is 0 Å². The van der Waals surface area contributed by atoms with E-state index in [0.29, 0.717) is 21.2 Å². The molecule has 13 heavy (non-hydrogen) atoms. The van der Waals surface area contributed by atoms with Gasteiger partial charge in [-0.15, -0.1) is 0 Å². The normalized spacial score (nSPS) is 9.85. The molecule has 0 bridgehead atoms. The summed E-state index contributed by atoms with van der Waals surface area (Å²) in [6.45, 7) is 0. The monoisotopic (exact) mass is 283 g/mol. The highest BCUT2D eigenvalue weighted by Gasteiger charge is 2.09. The first-order valence-corrected chi connectivity index (χ1v) is 5.40. The van der Waals surface area contributed by atoms with Gasteiger partial charge in [0, 0.05) is 0 Å². The molecule has 0 atom stereocenters. The molecule has 0 saturated heterocycles. The van der Waals surface area contributed by atoms with Crippen LogP contribution in [0, 0.1) is 0 Å². The average Bonchev–Trinajstić information content (AvgIpc) is 2.14. The number of anilines is 1. The fraction of sp³-hybridized carbons (Fsp3) is 0.250. The minimum Gasteiger partial charge on any atom is -0.495 e. The zero-order valence-corrected chi connectivity index (χ0v) is 10.0. The lowest BCUT2D eigenvalue weighted by Crippen LogP contribution is -1.95. The molecule has 72 valence electrons. The number of hydrogen-bond donors (Lipinski definition) is 1. The predicted octanol–water partition coefficient (Wildman–Crippen LogP) is 3.77. The van der Waals surface area contributed by atoms with Gasteiger partial charge in [-0.3, -0.25) is 0 Å². The third-order valence-corrected chi connectivity index (χ3v) is 2.67. The molecule has 0 aliphatic carbocycles. The molecule has 1 N–H and O–H groups in total. The lowest BCUT2D eigenvalue weighted by molar-refractivity contribution is 0.415. The first-order valence-electron chi connectivity index (χ1n) is 3.52. The molecule has 0 aromatic heterocycles. The van der Waals surface area contributed by atoms with Crippen molar-refractivity contribution in [2.24, 2.45) is 0 Å². The number of rotatable bonds is 3. The lowest BCUT2D eigenvalue weighted by atomic mass is 10.3. The summed E-state index contributed by atoms with van der Waals surface area (Å²) in [6.07, 6.45) is 0. The molecule has 2 nitrogen and oxygen atoms in total. The maximum absolute atomic E-state index is 5.96. The molecule has 0 spiro atoms.